The summed E-state index contributed by atoms with van der Waals surface area (Å²) in [5.74, 6) is 3.48. The minimum Gasteiger partial charge on any atom is -0.481 e. The number of rotatable bonds is 7. The van der Waals surface area contributed by atoms with Gasteiger partial charge in [-0.15, -0.1) is 0 Å². The van der Waals surface area contributed by atoms with Crippen molar-refractivity contribution in [2.45, 2.75) is 129 Å². The summed E-state index contributed by atoms with van der Waals surface area (Å²) in [5, 5.41) is 13.8. The molecule has 0 radical (unpaired) electrons. The number of hydrogen-bond donors (Lipinski definition) is 2. The van der Waals surface area contributed by atoms with E-state index in [0.717, 1.165) is 38.9 Å². The number of fused-ring (bicyclic) bond motifs is 10. The summed E-state index contributed by atoms with van der Waals surface area (Å²) in [4.78, 5) is 14.2. The van der Waals surface area contributed by atoms with E-state index in [9.17, 15) is 18.3 Å². The van der Waals surface area contributed by atoms with Crippen LogP contribution in [0.25, 0.3) is 0 Å². The molecular weight excluding hydrogens is 641 g/mol. The molecule has 0 aromatic heterocycles. The zero-order chi connectivity index (χ0) is 35.4. The molecule has 2 bridgehead atoms. The number of aliphatic carboxylic acids is 1. The van der Waals surface area contributed by atoms with Gasteiger partial charge in [0.1, 0.15) is 0 Å². The van der Waals surface area contributed by atoms with Crippen molar-refractivity contribution in [1.29, 1.82) is 0 Å². The van der Waals surface area contributed by atoms with Crippen molar-refractivity contribution in [2.75, 3.05) is 25.4 Å². The smallest absolute Gasteiger partial charge is 0.307 e. The zero-order valence-corrected chi connectivity index (χ0v) is 32.6. The van der Waals surface area contributed by atoms with Gasteiger partial charge in [-0.25, -0.2) is 8.42 Å². The molecule has 14 atom stereocenters. The van der Waals surface area contributed by atoms with Gasteiger partial charge >= 0.3 is 5.97 Å². The maximum Gasteiger partial charge on any atom is 0.307 e. The number of allylic oxidation sites excluding steroid dienone is 5. The minimum absolute atomic E-state index is 0.106. The fraction of sp³-hybridized carbons (Fsp3) is 0.837. The molecule has 0 aromatic rings. The molecule has 9 aliphatic rings. The van der Waals surface area contributed by atoms with Crippen molar-refractivity contribution in [3.05, 3.63) is 35.5 Å². The van der Waals surface area contributed by atoms with Gasteiger partial charge in [-0.1, -0.05) is 58.9 Å². The number of nitrogens with zero attached hydrogens (tertiary/aromatic N) is 1. The van der Waals surface area contributed by atoms with E-state index < -0.39 is 15.8 Å². The Bertz CT molecular complexity index is 1680. The monoisotopic (exact) mass is 704 g/mol. The molecule has 2 saturated heterocycles. The Morgan fingerprint density at radius 1 is 1.02 bits per heavy atom. The van der Waals surface area contributed by atoms with Crippen molar-refractivity contribution in [2.24, 2.45) is 69.0 Å². The van der Waals surface area contributed by atoms with Crippen LogP contribution in [-0.4, -0.2) is 66.6 Å². The SMILES string of the molecule is C=C(C)[C@@H]1CC[C@]2(NCCN3C[C@H]4C[C@H]3CS4(=O)=O)CC[C@]3(C)[C@H](CC[C@@H]4[C@@]5(C)CC=C(C6=CC7C(C6)C7C(=O)O)C(C)(C)[C@@H]5CC[C@]43C)[C@@H]12. The lowest BCUT2D eigenvalue weighted by Gasteiger charge is -2.72. The number of carbonyl (C=O) groups is 1. The summed E-state index contributed by atoms with van der Waals surface area (Å²) in [6.45, 7) is 22.8. The predicted octanol–water partition coefficient (Wildman–Crippen LogP) is 7.67. The molecule has 2 N–H and O–H groups in total. The van der Waals surface area contributed by atoms with Gasteiger partial charge in [0, 0.05) is 31.2 Å². The number of nitrogens with one attached hydrogen (secondary N) is 1. The van der Waals surface area contributed by atoms with Gasteiger partial charge < -0.3 is 10.4 Å². The highest BCUT2D eigenvalue weighted by atomic mass is 32.2. The molecule has 0 aromatic carbocycles. The highest BCUT2D eigenvalue weighted by Crippen LogP contribution is 2.77. The Morgan fingerprint density at radius 3 is 2.44 bits per heavy atom. The van der Waals surface area contributed by atoms with Gasteiger partial charge in [-0.2, -0.15) is 0 Å². The molecule has 2 heterocycles. The van der Waals surface area contributed by atoms with Crippen molar-refractivity contribution >= 4 is 15.8 Å². The molecule has 7 heteroatoms. The number of likely N-dealkylation sites (tertiary alicyclic amines) is 1. The fourth-order valence-electron chi connectivity index (χ4n) is 16.1. The predicted molar refractivity (Wildman–Crippen MR) is 199 cm³/mol. The van der Waals surface area contributed by atoms with Crippen LogP contribution in [0, 0.1) is 69.0 Å². The van der Waals surface area contributed by atoms with Crippen molar-refractivity contribution < 1.29 is 18.3 Å². The Labute approximate surface area is 302 Å². The summed E-state index contributed by atoms with van der Waals surface area (Å²) < 4.78 is 24.8. The Balaban J connectivity index is 0.964. The quantitative estimate of drug-likeness (QED) is 0.265. The third kappa shape index (κ3) is 4.44. The zero-order valence-electron chi connectivity index (χ0n) is 31.8. The first-order valence-electron chi connectivity index (χ1n) is 20.5. The van der Waals surface area contributed by atoms with Gasteiger partial charge in [0.2, 0.25) is 0 Å². The molecule has 7 aliphatic carbocycles. The lowest BCUT2D eigenvalue weighted by molar-refractivity contribution is -0.221. The van der Waals surface area contributed by atoms with Crippen LogP contribution in [0.4, 0.5) is 0 Å². The Kier molecular flexibility index (Phi) is 7.44. The van der Waals surface area contributed by atoms with Crippen LogP contribution in [0.1, 0.15) is 112 Å². The Hall–Kier alpha value is -1.44. The molecule has 0 spiro atoms. The van der Waals surface area contributed by atoms with E-state index in [1.165, 1.54) is 62.5 Å². The topological polar surface area (TPSA) is 86.7 Å². The van der Waals surface area contributed by atoms with Gasteiger partial charge in [0.15, 0.2) is 9.84 Å². The molecule has 3 unspecified atom stereocenters. The van der Waals surface area contributed by atoms with Crippen LogP contribution in [-0.2, 0) is 14.6 Å². The van der Waals surface area contributed by atoms with Crippen LogP contribution in [0.3, 0.4) is 0 Å². The van der Waals surface area contributed by atoms with Crippen molar-refractivity contribution in [1.82, 2.24) is 10.2 Å². The van der Waals surface area contributed by atoms with Crippen LogP contribution in [0.5, 0.6) is 0 Å². The van der Waals surface area contributed by atoms with Crippen LogP contribution >= 0.6 is 0 Å². The second kappa shape index (κ2) is 10.8. The molecule has 50 heavy (non-hydrogen) atoms. The maximum atomic E-state index is 12.4. The largest absolute Gasteiger partial charge is 0.481 e. The molecule has 276 valence electrons. The van der Waals surface area contributed by atoms with Crippen LogP contribution < -0.4 is 5.32 Å². The molecule has 9 rings (SSSR count). The van der Waals surface area contributed by atoms with Gasteiger partial charge in [-0.05, 0) is 152 Å². The van der Waals surface area contributed by atoms with Gasteiger partial charge in [-0.3, -0.25) is 9.69 Å². The van der Waals surface area contributed by atoms with E-state index in [2.05, 4.69) is 70.5 Å². The van der Waals surface area contributed by atoms with E-state index in [0.29, 0.717) is 52.1 Å². The maximum absolute atomic E-state index is 12.4. The summed E-state index contributed by atoms with van der Waals surface area (Å²) in [5.41, 5.74) is 5.56. The molecule has 0 amide bonds. The average Bonchev–Trinajstić information content (AvgIpc) is 3.45. The lowest BCUT2D eigenvalue weighted by Crippen LogP contribution is -2.68. The fourth-order valence-corrected chi connectivity index (χ4v) is 18.2. The third-order valence-electron chi connectivity index (χ3n) is 18.7. The van der Waals surface area contributed by atoms with E-state index >= 15 is 0 Å². The van der Waals surface area contributed by atoms with E-state index in [1.807, 2.05) is 0 Å². The normalized spacial score (nSPS) is 52.2. The first kappa shape index (κ1) is 34.3. The van der Waals surface area contributed by atoms with E-state index in [-0.39, 0.29) is 39.5 Å². The standard InChI is InChI=1S/C43H64N2O4S/c1-25(2)29-10-15-43(44-18-19-45-23-28-22-27(45)24-50(28,48)49)17-16-41(6)33(37(29)43)8-9-35-40(5)13-11-32(26-20-30-31(21-26)36(30)38(46)47)39(3,4)34(40)12-14-42(35,41)7/h11,20,27-31,33-37,44H,1,8-10,12-19,21-24H2,2-7H3,(H,46,47)/t27-,28+,29-,30?,31?,33+,34-,35+,36?,37+,40-,41+,42+,43-/m0/s1. The summed E-state index contributed by atoms with van der Waals surface area (Å²) in [6, 6.07) is 0.230. The summed E-state index contributed by atoms with van der Waals surface area (Å²) in [7, 11) is -2.86. The van der Waals surface area contributed by atoms with Crippen LogP contribution in [0.2, 0.25) is 0 Å². The number of hydrogen-bond acceptors (Lipinski definition) is 5. The lowest BCUT2D eigenvalue weighted by atomic mass is 9.33. The first-order valence-corrected chi connectivity index (χ1v) is 22.2. The molecule has 6 nitrogen and oxygen atoms in total. The number of carboxylic acid groups (broad SMARTS) is 1. The highest BCUT2D eigenvalue weighted by Gasteiger charge is 2.71. The van der Waals surface area contributed by atoms with Crippen molar-refractivity contribution in [3.8, 4) is 0 Å². The minimum atomic E-state index is -2.86. The first-order chi connectivity index (χ1) is 23.5. The second-order valence-electron chi connectivity index (χ2n) is 20.6. The highest BCUT2D eigenvalue weighted by molar-refractivity contribution is 7.92. The third-order valence-corrected chi connectivity index (χ3v) is 20.9. The number of sulfone groups is 1. The average molecular weight is 705 g/mol. The summed E-state index contributed by atoms with van der Waals surface area (Å²) in [6.07, 6.45) is 18.3. The van der Waals surface area contributed by atoms with Crippen LogP contribution in [0.15, 0.2) is 35.5 Å². The number of carboxylic acids is 1. The summed E-state index contributed by atoms with van der Waals surface area (Å²) >= 11 is 0. The Morgan fingerprint density at radius 2 is 1.80 bits per heavy atom. The van der Waals surface area contributed by atoms with E-state index in [4.69, 9.17) is 0 Å². The van der Waals surface area contributed by atoms with E-state index in [1.54, 1.807) is 5.57 Å². The molecule has 7 fully saturated rings. The van der Waals surface area contributed by atoms with Crippen molar-refractivity contribution in [3.63, 3.8) is 0 Å². The van der Waals surface area contributed by atoms with Gasteiger partial charge in [0.05, 0.1) is 16.9 Å². The molecule has 2 aliphatic heterocycles. The van der Waals surface area contributed by atoms with Gasteiger partial charge in [0.25, 0.3) is 0 Å². The molecule has 5 saturated carbocycles. The molecular formula is C43H64N2O4S. The second-order valence-corrected chi connectivity index (χ2v) is 23.0.